The zero-order chi connectivity index (χ0) is 20.6. The fourth-order valence-corrected chi connectivity index (χ4v) is 3.22. The molecule has 1 aliphatic rings. The van der Waals surface area contributed by atoms with Crippen LogP contribution in [0.3, 0.4) is 0 Å². The molecule has 1 saturated heterocycles. The SMILES string of the molecule is COc1ccccc1CCNC(=O)C(NC(=O)OC(C)(C)C)C1CCOCC1. The largest absolute Gasteiger partial charge is 0.496 e. The standard InChI is InChI=1S/C21H32N2O5/c1-21(2,3)28-20(25)23-18(16-10-13-27-14-11-16)19(24)22-12-9-15-7-5-6-8-17(15)26-4/h5-8,16,18H,9-14H2,1-4H3,(H,22,24)(H,23,25). The normalized spacial score (nSPS) is 16.1. The average molecular weight is 392 g/mol. The Morgan fingerprint density at radius 1 is 1.21 bits per heavy atom. The Morgan fingerprint density at radius 2 is 1.89 bits per heavy atom. The van der Waals surface area contributed by atoms with Gasteiger partial charge >= 0.3 is 6.09 Å². The van der Waals surface area contributed by atoms with Crippen LogP contribution in [0, 0.1) is 5.92 Å². The lowest BCUT2D eigenvalue weighted by atomic mass is 9.91. The number of rotatable bonds is 7. The number of benzene rings is 1. The van der Waals surface area contributed by atoms with Crippen LogP contribution in [0.15, 0.2) is 24.3 Å². The Labute approximate surface area is 167 Å². The highest BCUT2D eigenvalue weighted by Gasteiger charge is 2.32. The summed E-state index contributed by atoms with van der Waals surface area (Å²) in [6.45, 7) is 7.02. The van der Waals surface area contributed by atoms with Gasteiger partial charge in [-0.2, -0.15) is 0 Å². The molecule has 2 N–H and O–H groups in total. The third kappa shape index (κ3) is 7.03. The molecule has 1 atom stereocenters. The van der Waals surface area contributed by atoms with Crippen LogP contribution < -0.4 is 15.4 Å². The van der Waals surface area contributed by atoms with Gasteiger partial charge in [0.25, 0.3) is 0 Å². The zero-order valence-corrected chi connectivity index (χ0v) is 17.2. The van der Waals surface area contributed by atoms with E-state index in [1.165, 1.54) is 0 Å². The molecule has 1 aromatic rings. The summed E-state index contributed by atoms with van der Waals surface area (Å²) in [6, 6.07) is 7.07. The third-order valence-electron chi connectivity index (χ3n) is 4.58. The van der Waals surface area contributed by atoms with Crippen molar-refractivity contribution in [2.24, 2.45) is 5.92 Å². The maximum atomic E-state index is 12.8. The van der Waals surface area contributed by atoms with E-state index in [9.17, 15) is 9.59 Å². The number of amides is 2. The lowest BCUT2D eigenvalue weighted by Gasteiger charge is -2.31. The molecule has 1 fully saturated rings. The van der Waals surface area contributed by atoms with Crippen molar-refractivity contribution in [2.75, 3.05) is 26.9 Å². The summed E-state index contributed by atoms with van der Waals surface area (Å²) < 4.78 is 16.1. The first kappa shape index (κ1) is 22.0. The van der Waals surface area contributed by atoms with Gasteiger partial charge in [-0.1, -0.05) is 18.2 Å². The Hall–Kier alpha value is -2.28. The molecule has 7 heteroatoms. The highest BCUT2D eigenvalue weighted by Crippen LogP contribution is 2.20. The van der Waals surface area contributed by atoms with Gasteiger partial charge in [0.15, 0.2) is 0 Å². The van der Waals surface area contributed by atoms with E-state index in [0.717, 1.165) is 24.2 Å². The second-order valence-electron chi connectivity index (χ2n) is 7.93. The van der Waals surface area contributed by atoms with Crippen LogP contribution >= 0.6 is 0 Å². The molecule has 156 valence electrons. The van der Waals surface area contributed by atoms with Crippen molar-refractivity contribution in [1.82, 2.24) is 10.6 Å². The van der Waals surface area contributed by atoms with E-state index in [0.29, 0.717) is 26.2 Å². The Morgan fingerprint density at radius 3 is 2.54 bits per heavy atom. The minimum atomic E-state index is -0.642. The number of carbonyl (C=O) groups excluding carboxylic acids is 2. The number of nitrogens with one attached hydrogen (secondary N) is 2. The van der Waals surface area contributed by atoms with Crippen molar-refractivity contribution in [1.29, 1.82) is 0 Å². The van der Waals surface area contributed by atoms with Crippen LogP contribution in [-0.2, 0) is 20.7 Å². The van der Waals surface area contributed by atoms with Gasteiger partial charge in [0.05, 0.1) is 7.11 Å². The minimum Gasteiger partial charge on any atom is -0.496 e. The topological polar surface area (TPSA) is 85.9 Å². The molecule has 28 heavy (non-hydrogen) atoms. The van der Waals surface area contributed by atoms with Gasteiger partial charge < -0.3 is 24.8 Å². The van der Waals surface area contributed by atoms with Crippen molar-refractivity contribution in [3.8, 4) is 5.75 Å². The van der Waals surface area contributed by atoms with Crippen LogP contribution in [0.1, 0.15) is 39.2 Å². The third-order valence-corrected chi connectivity index (χ3v) is 4.58. The lowest BCUT2D eigenvalue weighted by molar-refractivity contribution is -0.125. The molecule has 7 nitrogen and oxygen atoms in total. The maximum absolute atomic E-state index is 12.8. The predicted molar refractivity (Wildman–Crippen MR) is 106 cm³/mol. The van der Waals surface area contributed by atoms with Gasteiger partial charge in [0, 0.05) is 19.8 Å². The van der Waals surface area contributed by atoms with Crippen molar-refractivity contribution in [2.45, 2.75) is 51.7 Å². The summed E-state index contributed by atoms with van der Waals surface area (Å²) in [5.74, 6) is 0.616. The second-order valence-corrected chi connectivity index (χ2v) is 7.93. The number of ether oxygens (including phenoxy) is 3. The van der Waals surface area contributed by atoms with E-state index in [1.807, 2.05) is 24.3 Å². The van der Waals surface area contributed by atoms with Crippen LogP contribution in [0.4, 0.5) is 4.79 Å². The summed E-state index contributed by atoms with van der Waals surface area (Å²) in [7, 11) is 1.63. The molecule has 0 radical (unpaired) electrons. The van der Waals surface area contributed by atoms with Crippen LogP contribution in [0.2, 0.25) is 0 Å². The van der Waals surface area contributed by atoms with E-state index in [-0.39, 0.29) is 11.8 Å². The van der Waals surface area contributed by atoms with E-state index in [1.54, 1.807) is 27.9 Å². The molecule has 1 heterocycles. The number of carbonyl (C=O) groups is 2. The average Bonchev–Trinajstić information content (AvgIpc) is 2.65. The number of para-hydroxylation sites is 1. The van der Waals surface area contributed by atoms with Crippen LogP contribution in [0.5, 0.6) is 5.75 Å². The second kappa shape index (κ2) is 10.3. The van der Waals surface area contributed by atoms with E-state index in [4.69, 9.17) is 14.2 Å². The van der Waals surface area contributed by atoms with Gasteiger partial charge in [0.2, 0.25) is 5.91 Å². The van der Waals surface area contributed by atoms with E-state index in [2.05, 4.69) is 10.6 Å². The van der Waals surface area contributed by atoms with E-state index >= 15 is 0 Å². The molecular formula is C21H32N2O5. The highest BCUT2D eigenvalue weighted by atomic mass is 16.6. The number of hydrogen-bond acceptors (Lipinski definition) is 5. The maximum Gasteiger partial charge on any atom is 0.408 e. The minimum absolute atomic E-state index is 0.0209. The predicted octanol–water partition coefficient (Wildman–Crippen LogP) is 2.67. The fraction of sp³-hybridized carbons (Fsp3) is 0.619. The molecule has 0 aromatic heterocycles. The summed E-state index contributed by atoms with van der Waals surface area (Å²) in [5.41, 5.74) is 0.401. The molecular weight excluding hydrogens is 360 g/mol. The number of alkyl carbamates (subject to hydrolysis) is 1. The first-order valence-electron chi connectivity index (χ1n) is 9.77. The molecule has 0 aliphatic carbocycles. The number of hydrogen-bond donors (Lipinski definition) is 2. The molecule has 2 amide bonds. The summed E-state index contributed by atoms with van der Waals surface area (Å²) in [4.78, 5) is 25.1. The quantitative estimate of drug-likeness (QED) is 0.745. The smallest absolute Gasteiger partial charge is 0.408 e. The molecule has 1 unspecified atom stereocenters. The first-order valence-corrected chi connectivity index (χ1v) is 9.77. The van der Waals surface area contributed by atoms with Crippen molar-refractivity contribution in [3.05, 3.63) is 29.8 Å². The van der Waals surface area contributed by atoms with Gasteiger partial charge in [-0.15, -0.1) is 0 Å². The molecule has 1 aliphatic heterocycles. The summed E-state index contributed by atoms with van der Waals surface area (Å²) in [5, 5.41) is 5.70. The highest BCUT2D eigenvalue weighted by molar-refractivity contribution is 5.86. The lowest BCUT2D eigenvalue weighted by Crippen LogP contribution is -2.53. The molecule has 1 aromatic carbocycles. The van der Waals surface area contributed by atoms with Crippen molar-refractivity contribution < 1.29 is 23.8 Å². The van der Waals surface area contributed by atoms with Gasteiger partial charge in [-0.3, -0.25) is 4.79 Å². The molecule has 2 rings (SSSR count). The van der Waals surface area contributed by atoms with Crippen molar-refractivity contribution in [3.63, 3.8) is 0 Å². The summed E-state index contributed by atoms with van der Waals surface area (Å²) >= 11 is 0. The molecule has 0 spiro atoms. The van der Waals surface area contributed by atoms with Gasteiger partial charge in [-0.05, 0) is 57.6 Å². The zero-order valence-electron chi connectivity index (χ0n) is 17.2. The van der Waals surface area contributed by atoms with Crippen molar-refractivity contribution >= 4 is 12.0 Å². The molecule has 0 saturated carbocycles. The summed E-state index contributed by atoms with van der Waals surface area (Å²) in [6.07, 6.45) is 1.51. The van der Waals surface area contributed by atoms with Crippen LogP contribution in [-0.4, -0.2) is 50.5 Å². The van der Waals surface area contributed by atoms with Gasteiger partial charge in [0.1, 0.15) is 17.4 Å². The molecule has 0 bridgehead atoms. The Bertz CT molecular complexity index is 650. The van der Waals surface area contributed by atoms with Crippen LogP contribution in [0.25, 0.3) is 0 Å². The van der Waals surface area contributed by atoms with Gasteiger partial charge in [-0.25, -0.2) is 4.79 Å². The Balaban J connectivity index is 1.96. The Kier molecular flexibility index (Phi) is 8.11. The van der Waals surface area contributed by atoms with E-state index < -0.39 is 17.7 Å². The fourth-order valence-electron chi connectivity index (χ4n) is 3.22. The number of methoxy groups -OCH3 is 1. The first-order chi connectivity index (χ1) is 13.3. The monoisotopic (exact) mass is 392 g/mol.